The Morgan fingerprint density at radius 2 is 1.81 bits per heavy atom. The number of benzene rings is 2. The summed E-state index contributed by atoms with van der Waals surface area (Å²) in [5, 5.41) is 7.65. The molecule has 8 heteroatoms. The fourth-order valence-corrected chi connectivity index (χ4v) is 4.99. The molecule has 0 bridgehead atoms. The summed E-state index contributed by atoms with van der Waals surface area (Å²) in [6.07, 6.45) is 6.63. The van der Waals surface area contributed by atoms with Crippen LogP contribution in [0.4, 0.5) is 5.95 Å². The Kier molecular flexibility index (Phi) is 7.44. The first kappa shape index (κ1) is 24.9. The number of carbonyl (C=O) groups excluding carboxylic acids is 1. The lowest BCUT2D eigenvalue weighted by atomic mass is 9.94. The summed E-state index contributed by atoms with van der Waals surface area (Å²) >= 11 is 0. The van der Waals surface area contributed by atoms with E-state index in [1.807, 2.05) is 32.0 Å². The molecule has 37 heavy (non-hydrogen) atoms. The van der Waals surface area contributed by atoms with Crippen molar-refractivity contribution in [3.05, 3.63) is 76.8 Å². The normalized spacial score (nSPS) is 17.6. The maximum absolute atomic E-state index is 13.5. The molecule has 1 atom stereocenters. The van der Waals surface area contributed by atoms with E-state index in [1.54, 1.807) is 4.68 Å². The topological polar surface area (TPSA) is 87.5 Å². The lowest BCUT2D eigenvalue weighted by Crippen LogP contribution is -2.32. The molecule has 0 radical (unpaired) electrons. The van der Waals surface area contributed by atoms with Crippen LogP contribution in [0, 0.1) is 6.92 Å². The van der Waals surface area contributed by atoms with E-state index in [1.165, 1.54) is 18.3 Å². The van der Waals surface area contributed by atoms with Gasteiger partial charge < -0.3 is 19.5 Å². The lowest BCUT2D eigenvalue weighted by molar-refractivity contribution is -0.146. The van der Waals surface area contributed by atoms with Gasteiger partial charge in [0.05, 0.1) is 12.2 Å². The van der Waals surface area contributed by atoms with Crippen LogP contribution in [0.3, 0.4) is 0 Å². The molecule has 1 saturated carbocycles. The van der Waals surface area contributed by atoms with E-state index in [0.717, 1.165) is 36.8 Å². The monoisotopic (exact) mass is 502 g/mol. The molecule has 1 aliphatic carbocycles. The number of nitrogens with one attached hydrogen (secondary N) is 1. The van der Waals surface area contributed by atoms with Crippen LogP contribution >= 0.6 is 0 Å². The van der Waals surface area contributed by atoms with Gasteiger partial charge in [0.2, 0.25) is 5.95 Å². The molecule has 3 aromatic rings. The summed E-state index contributed by atoms with van der Waals surface area (Å²) in [6.45, 7) is 6.79. The van der Waals surface area contributed by atoms with E-state index < -0.39 is 6.04 Å². The van der Waals surface area contributed by atoms with Gasteiger partial charge in [0.15, 0.2) is 11.5 Å². The smallest absolute Gasteiger partial charge is 0.338 e. The van der Waals surface area contributed by atoms with Crippen molar-refractivity contribution < 1.29 is 19.0 Å². The first-order valence-electron chi connectivity index (χ1n) is 13.1. The van der Waals surface area contributed by atoms with Gasteiger partial charge in [-0.3, -0.25) is 0 Å². The number of carbonyl (C=O) groups is 1. The minimum absolute atomic E-state index is 0.0455. The van der Waals surface area contributed by atoms with Crippen LogP contribution in [0.2, 0.25) is 0 Å². The second kappa shape index (κ2) is 11.1. The van der Waals surface area contributed by atoms with Gasteiger partial charge in [-0.05, 0) is 69.7 Å². The molecule has 0 amide bonds. The third-order valence-electron chi connectivity index (χ3n) is 6.94. The summed E-state index contributed by atoms with van der Waals surface area (Å²) in [4.78, 5) is 17.9. The highest BCUT2D eigenvalue weighted by Gasteiger charge is 2.36. The van der Waals surface area contributed by atoms with Gasteiger partial charge in [0, 0.05) is 5.70 Å². The van der Waals surface area contributed by atoms with E-state index in [2.05, 4.69) is 46.6 Å². The largest absolute Gasteiger partial charge is 0.490 e. The number of aromatic nitrogens is 3. The van der Waals surface area contributed by atoms with E-state index in [4.69, 9.17) is 14.2 Å². The maximum Gasteiger partial charge on any atom is 0.338 e. The van der Waals surface area contributed by atoms with E-state index in [9.17, 15) is 4.79 Å². The lowest BCUT2D eigenvalue weighted by Gasteiger charge is -2.30. The Bertz CT molecular complexity index is 1280. The molecule has 1 aliphatic heterocycles. The molecule has 1 fully saturated rings. The second-order valence-electron chi connectivity index (χ2n) is 9.67. The van der Waals surface area contributed by atoms with Crippen LogP contribution < -0.4 is 14.8 Å². The predicted molar refractivity (Wildman–Crippen MR) is 141 cm³/mol. The standard InChI is InChI=1S/C29H34N4O4/c1-4-35-25-16-22(14-15-24(25)36-17-21-12-10-19(2)11-13-21)27-26(20(3)32-29-30-18-31-33(27)29)28(34)37-23-8-6-5-7-9-23/h10-16,18,23,27H,4-9,17H2,1-3H3,(H,30,31,32). The summed E-state index contributed by atoms with van der Waals surface area (Å²) < 4.78 is 19.8. The Morgan fingerprint density at radius 3 is 2.57 bits per heavy atom. The zero-order valence-electron chi connectivity index (χ0n) is 21.7. The Hall–Kier alpha value is -3.81. The van der Waals surface area contributed by atoms with Gasteiger partial charge in [-0.15, -0.1) is 0 Å². The Labute approximate surface area is 217 Å². The SMILES string of the molecule is CCOc1cc(C2C(C(=O)OC3CCCCC3)=C(C)Nc3ncnn32)ccc1OCc1ccc(C)cc1. The molecule has 8 nitrogen and oxygen atoms in total. The van der Waals surface area contributed by atoms with Crippen LogP contribution in [0.1, 0.15) is 68.7 Å². The van der Waals surface area contributed by atoms with Crippen molar-refractivity contribution in [3.8, 4) is 11.5 Å². The molecular weight excluding hydrogens is 468 g/mol. The minimum atomic E-state index is -0.500. The summed E-state index contributed by atoms with van der Waals surface area (Å²) in [5.41, 5.74) is 4.37. The fourth-order valence-electron chi connectivity index (χ4n) is 4.99. The van der Waals surface area contributed by atoms with Crippen LogP contribution in [-0.4, -0.2) is 33.4 Å². The van der Waals surface area contributed by atoms with Crippen molar-refractivity contribution in [1.82, 2.24) is 14.8 Å². The van der Waals surface area contributed by atoms with Crippen molar-refractivity contribution >= 4 is 11.9 Å². The number of rotatable bonds is 8. The predicted octanol–water partition coefficient (Wildman–Crippen LogP) is 5.73. The molecule has 1 N–H and O–H groups in total. The number of nitrogens with zero attached hydrogens (tertiary/aromatic N) is 3. The van der Waals surface area contributed by atoms with Crippen molar-refractivity contribution in [2.45, 2.75) is 71.6 Å². The first-order chi connectivity index (χ1) is 18.0. The first-order valence-corrected chi connectivity index (χ1v) is 13.1. The third-order valence-corrected chi connectivity index (χ3v) is 6.94. The molecule has 0 saturated heterocycles. The fraction of sp³-hybridized carbons (Fsp3) is 0.414. The zero-order valence-corrected chi connectivity index (χ0v) is 21.7. The molecule has 2 aliphatic rings. The van der Waals surface area contributed by atoms with Gasteiger partial charge in [0.1, 0.15) is 25.1 Å². The van der Waals surface area contributed by atoms with Gasteiger partial charge in [-0.25, -0.2) is 9.48 Å². The molecule has 5 rings (SSSR count). The van der Waals surface area contributed by atoms with Gasteiger partial charge >= 0.3 is 5.97 Å². The number of aryl methyl sites for hydroxylation is 1. The highest BCUT2D eigenvalue weighted by molar-refractivity contribution is 5.92. The molecule has 1 unspecified atom stereocenters. The number of fused-ring (bicyclic) bond motifs is 1. The molecule has 194 valence electrons. The molecular formula is C29H34N4O4. The van der Waals surface area contributed by atoms with Crippen molar-refractivity contribution in [2.24, 2.45) is 0 Å². The molecule has 1 aromatic heterocycles. The molecule has 2 aromatic carbocycles. The maximum atomic E-state index is 13.5. The number of hydrogen-bond donors (Lipinski definition) is 1. The average Bonchev–Trinajstić information content (AvgIpc) is 3.37. The highest BCUT2D eigenvalue weighted by atomic mass is 16.5. The Balaban J connectivity index is 1.45. The van der Waals surface area contributed by atoms with Crippen LogP contribution in [0.5, 0.6) is 11.5 Å². The number of anilines is 1. The van der Waals surface area contributed by atoms with Crippen LogP contribution in [-0.2, 0) is 16.1 Å². The van der Waals surface area contributed by atoms with Gasteiger partial charge in [0.25, 0.3) is 0 Å². The summed E-state index contributed by atoms with van der Waals surface area (Å²) in [5.74, 6) is 1.52. The van der Waals surface area contributed by atoms with Gasteiger partial charge in [-0.2, -0.15) is 10.1 Å². The van der Waals surface area contributed by atoms with E-state index >= 15 is 0 Å². The molecule has 0 spiro atoms. The number of esters is 1. The van der Waals surface area contributed by atoms with E-state index in [-0.39, 0.29) is 12.1 Å². The van der Waals surface area contributed by atoms with Crippen molar-refractivity contribution in [3.63, 3.8) is 0 Å². The number of ether oxygens (including phenoxy) is 3. The minimum Gasteiger partial charge on any atom is -0.490 e. The van der Waals surface area contributed by atoms with Crippen molar-refractivity contribution in [2.75, 3.05) is 11.9 Å². The van der Waals surface area contributed by atoms with Crippen LogP contribution in [0.25, 0.3) is 0 Å². The number of hydrogen-bond acceptors (Lipinski definition) is 7. The third kappa shape index (κ3) is 5.48. The summed E-state index contributed by atoms with van der Waals surface area (Å²) in [7, 11) is 0. The quantitative estimate of drug-likeness (QED) is 0.394. The summed E-state index contributed by atoms with van der Waals surface area (Å²) in [6, 6.07) is 13.5. The Morgan fingerprint density at radius 1 is 1.03 bits per heavy atom. The van der Waals surface area contributed by atoms with Crippen molar-refractivity contribution in [1.29, 1.82) is 0 Å². The van der Waals surface area contributed by atoms with Gasteiger partial charge in [-0.1, -0.05) is 42.3 Å². The average molecular weight is 503 g/mol. The highest BCUT2D eigenvalue weighted by Crippen LogP contribution is 2.39. The van der Waals surface area contributed by atoms with Crippen LogP contribution in [0.15, 0.2) is 60.1 Å². The second-order valence-corrected chi connectivity index (χ2v) is 9.67. The van der Waals surface area contributed by atoms with E-state index in [0.29, 0.717) is 41.9 Å². The molecule has 2 heterocycles. The number of allylic oxidation sites excluding steroid dienone is 1. The zero-order chi connectivity index (χ0) is 25.8.